The molecule has 0 N–H and O–H groups in total. The normalized spacial score (nSPS) is 15.0. The van der Waals surface area contributed by atoms with Crippen molar-refractivity contribution in [3.8, 4) is 5.75 Å². The van der Waals surface area contributed by atoms with Crippen LogP contribution in [0.15, 0.2) is 92.4 Å². The first kappa shape index (κ1) is 19.6. The maximum atomic E-state index is 13.3. The largest absolute Gasteiger partial charge is 0.497 e. The molecule has 0 atom stereocenters. The molecular weight excluding hydrogens is 496 g/mol. The molecule has 4 nitrogen and oxygen atoms in total. The number of aliphatic imine (C=N–C) groups is 1. The molecule has 1 heterocycles. The van der Waals surface area contributed by atoms with Gasteiger partial charge in [0.25, 0.3) is 5.91 Å². The number of rotatable bonds is 4. The minimum Gasteiger partial charge on any atom is -0.497 e. The Morgan fingerprint density at radius 2 is 1.69 bits per heavy atom. The van der Waals surface area contributed by atoms with E-state index in [4.69, 9.17) is 4.74 Å². The first-order chi connectivity index (χ1) is 14.0. The highest BCUT2D eigenvalue weighted by atomic mass is 79.9. The number of amides is 1. The average molecular weight is 512 g/mol. The Balaban J connectivity index is 1.82. The molecule has 1 aliphatic heterocycles. The summed E-state index contributed by atoms with van der Waals surface area (Å²) in [6, 6.07) is 22.9. The highest BCUT2D eigenvalue weighted by Crippen LogP contribution is 2.30. The number of ether oxygens (including phenoxy) is 1. The predicted molar refractivity (Wildman–Crippen MR) is 123 cm³/mol. The quantitative estimate of drug-likeness (QED) is 0.400. The Morgan fingerprint density at radius 3 is 2.41 bits per heavy atom. The maximum absolute atomic E-state index is 13.3. The van der Waals surface area contributed by atoms with Gasteiger partial charge in [-0.3, -0.25) is 9.69 Å². The van der Waals surface area contributed by atoms with Gasteiger partial charge in [0.2, 0.25) is 0 Å². The smallest absolute Gasteiger partial charge is 0.282 e. The fraction of sp³-hybridized carbons (Fsp3) is 0.0435. The lowest BCUT2D eigenvalue weighted by Crippen LogP contribution is -2.32. The van der Waals surface area contributed by atoms with E-state index in [1.54, 1.807) is 18.1 Å². The lowest BCUT2D eigenvalue weighted by molar-refractivity contribution is -0.113. The van der Waals surface area contributed by atoms with Gasteiger partial charge in [0, 0.05) is 14.5 Å². The molecule has 0 saturated carbocycles. The molecule has 0 fully saturated rings. The van der Waals surface area contributed by atoms with E-state index in [9.17, 15) is 4.79 Å². The van der Waals surface area contributed by atoms with Crippen molar-refractivity contribution in [1.29, 1.82) is 0 Å². The van der Waals surface area contributed by atoms with Crippen LogP contribution in [0, 0.1) is 0 Å². The highest BCUT2D eigenvalue weighted by molar-refractivity contribution is 9.10. The van der Waals surface area contributed by atoms with E-state index in [1.165, 1.54) is 0 Å². The number of carbonyl (C=O) groups is 1. The van der Waals surface area contributed by atoms with Gasteiger partial charge in [0.15, 0.2) is 0 Å². The molecule has 4 rings (SSSR count). The first-order valence-electron chi connectivity index (χ1n) is 8.85. The van der Waals surface area contributed by atoms with Gasteiger partial charge in [-0.1, -0.05) is 62.2 Å². The van der Waals surface area contributed by atoms with Crippen molar-refractivity contribution in [1.82, 2.24) is 0 Å². The lowest BCUT2D eigenvalue weighted by atomic mass is 10.1. The van der Waals surface area contributed by atoms with Crippen LogP contribution in [-0.2, 0) is 4.79 Å². The second-order valence-electron chi connectivity index (χ2n) is 6.37. The zero-order valence-electron chi connectivity index (χ0n) is 15.5. The summed E-state index contributed by atoms with van der Waals surface area (Å²) in [5.41, 5.74) is 2.83. The monoisotopic (exact) mass is 510 g/mol. The Bertz CT molecular complexity index is 1140. The Kier molecular flexibility index (Phi) is 5.65. The Hall–Kier alpha value is -2.70. The number of methoxy groups -OCH3 is 1. The van der Waals surface area contributed by atoms with Gasteiger partial charge in [-0.2, -0.15) is 0 Å². The fourth-order valence-electron chi connectivity index (χ4n) is 3.05. The van der Waals surface area contributed by atoms with Gasteiger partial charge in [0.05, 0.1) is 12.8 Å². The number of amidine groups is 1. The van der Waals surface area contributed by atoms with E-state index < -0.39 is 0 Å². The second-order valence-corrected chi connectivity index (χ2v) is 8.20. The third-order valence-electron chi connectivity index (χ3n) is 4.43. The van der Waals surface area contributed by atoms with Crippen LogP contribution in [0.1, 0.15) is 11.1 Å². The van der Waals surface area contributed by atoms with Gasteiger partial charge < -0.3 is 4.74 Å². The standard InChI is InChI=1S/C23H16Br2N2O2/c1-29-20-7-2-4-15(12-20)13-21-23(28)27(19-6-3-5-18(25)14-19)22(26-21)16-8-10-17(24)11-9-16/h2-14H,1H3/b21-13+. The number of benzene rings is 3. The molecule has 3 aromatic carbocycles. The summed E-state index contributed by atoms with van der Waals surface area (Å²) in [7, 11) is 1.62. The van der Waals surface area contributed by atoms with Crippen molar-refractivity contribution in [3.63, 3.8) is 0 Å². The minimum atomic E-state index is -0.177. The van der Waals surface area contributed by atoms with E-state index in [0.717, 1.165) is 31.5 Å². The third-order valence-corrected chi connectivity index (χ3v) is 5.45. The summed E-state index contributed by atoms with van der Waals surface area (Å²) in [5.74, 6) is 1.14. The maximum Gasteiger partial charge on any atom is 0.282 e. The number of nitrogens with zero attached hydrogens (tertiary/aromatic N) is 2. The van der Waals surface area contributed by atoms with Crippen LogP contribution in [0.25, 0.3) is 6.08 Å². The zero-order valence-corrected chi connectivity index (χ0v) is 18.6. The highest BCUT2D eigenvalue weighted by Gasteiger charge is 2.32. The van der Waals surface area contributed by atoms with Crippen LogP contribution in [0.4, 0.5) is 5.69 Å². The van der Waals surface area contributed by atoms with E-state index in [-0.39, 0.29) is 5.91 Å². The topological polar surface area (TPSA) is 41.9 Å². The van der Waals surface area contributed by atoms with Gasteiger partial charge >= 0.3 is 0 Å². The van der Waals surface area contributed by atoms with Gasteiger partial charge in [0.1, 0.15) is 17.3 Å². The minimum absolute atomic E-state index is 0.177. The molecule has 0 radical (unpaired) electrons. The lowest BCUT2D eigenvalue weighted by Gasteiger charge is -2.19. The number of hydrogen-bond donors (Lipinski definition) is 0. The Morgan fingerprint density at radius 1 is 0.931 bits per heavy atom. The molecule has 144 valence electrons. The fourth-order valence-corrected chi connectivity index (χ4v) is 3.70. The van der Waals surface area contributed by atoms with Gasteiger partial charge in [-0.15, -0.1) is 0 Å². The van der Waals surface area contributed by atoms with Crippen LogP contribution in [0.2, 0.25) is 0 Å². The van der Waals surface area contributed by atoms with E-state index in [1.807, 2.05) is 72.8 Å². The van der Waals surface area contributed by atoms with Crippen LogP contribution in [0.3, 0.4) is 0 Å². The molecule has 6 heteroatoms. The molecule has 1 aliphatic rings. The molecule has 3 aromatic rings. The number of halogens is 2. The summed E-state index contributed by atoms with van der Waals surface area (Å²) < 4.78 is 7.14. The first-order valence-corrected chi connectivity index (χ1v) is 10.4. The third kappa shape index (κ3) is 4.18. The summed E-state index contributed by atoms with van der Waals surface area (Å²) in [6.45, 7) is 0. The van der Waals surface area contributed by atoms with Crippen molar-refractivity contribution < 1.29 is 9.53 Å². The van der Waals surface area contributed by atoms with Crippen molar-refractivity contribution in [2.24, 2.45) is 4.99 Å². The van der Waals surface area contributed by atoms with E-state index in [2.05, 4.69) is 36.9 Å². The van der Waals surface area contributed by atoms with Crippen LogP contribution in [-0.4, -0.2) is 18.9 Å². The van der Waals surface area contributed by atoms with Crippen molar-refractivity contribution in [3.05, 3.63) is 98.6 Å². The average Bonchev–Trinajstić information content (AvgIpc) is 3.05. The van der Waals surface area contributed by atoms with Crippen LogP contribution >= 0.6 is 31.9 Å². The molecule has 0 aliphatic carbocycles. The SMILES string of the molecule is COc1cccc(/C=C2/N=C(c3ccc(Br)cc3)N(c3cccc(Br)c3)C2=O)c1. The van der Waals surface area contributed by atoms with Crippen molar-refractivity contribution >= 4 is 55.4 Å². The summed E-state index contributed by atoms with van der Waals surface area (Å²) in [4.78, 5) is 19.6. The van der Waals surface area contributed by atoms with Crippen molar-refractivity contribution in [2.45, 2.75) is 0 Å². The van der Waals surface area contributed by atoms with E-state index in [0.29, 0.717) is 11.5 Å². The Labute approximate surface area is 185 Å². The summed E-state index contributed by atoms with van der Waals surface area (Å²) in [6.07, 6.45) is 1.78. The zero-order chi connectivity index (χ0) is 20.4. The molecule has 0 spiro atoms. The van der Waals surface area contributed by atoms with Crippen molar-refractivity contribution in [2.75, 3.05) is 12.0 Å². The number of carbonyl (C=O) groups excluding carboxylic acids is 1. The van der Waals surface area contributed by atoms with Crippen LogP contribution in [0.5, 0.6) is 5.75 Å². The molecule has 29 heavy (non-hydrogen) atoms. The molecule has 1 amide bonds. The van der Waals surface area contributed by atoms with Gasteiger partial charge in [-0.25, -0.2) is 4.99 Å². The molecule has 0 saturated heterocycles. The number of anilines is 1. The summed E-state index contributed by atoms with van der Waals surface area (Å²) >= 11 is 6.94. The summed E-state index contributed by atoms with van der Waals surface area (Å²) in [5, 5.41) is 0. The van der Waals surface area contributed by atoms with Gasteiger partial charge in [-0.05, 0) is 54.1 Å². The second kappa shape index (κ2) is 8.35. The molecule has 0 bridgehead atoms. The van der Waals surface area contributed by atoms with Crippen LogP contribution < -0.4 is 9.64 Å². The molecule has 0 aromatic heterocycles. The molecular formula is C23H16Br2N2O2. The predicted octanol–water partition coefficient (Wildman–Crippen LogP) is 6.05. The number of hydrogen-bond acceptors (Lipinski definition) is 3. The molecule has 0 unspecified atom stereocenters. The van der Waals surface area contributed by atoms with E-state index >= 15 is 0 Å².